The molecular weight excluding hydrogens is 304 g/mol. The van der Waals surface area contributed by atoms with Gasteiger partial charge in [0.2, 0.25) is 5.91 Å². The van der Waals surface area contributed by atoms with Gasteiger partial charge in [-0.3, -0.25) is 4.79 Å². The number of fused-ring (bicyclic) bond motifs is 4. The number of pyridine rings is 1. The van der Waals surface area contributed by atoms with Crippen molar-refractivity contribution in [2.24, 2.45) is 0 Å². The van der Waals surface area contributed by atoms with Gasteiger partial charge in [0.25, 0.3) is 0 Å². The lowest BCUT2D eigenvalue weighted by molar-refractivity contribution is -0.605. The zero-order valence-corrected chi connectivity index (χ0v) is 13.7. The van der Waals surface area contributed by atoms with Gasteiger partial charge in [-0.15, -0.1) is 0 Å². The first kappa shape index (κ1) is 15.0. The minimum Gasteiger partial charge on any atom is -0.619 e. The molecule has 124 valence electrons. The van der Waals surface area contributed by atoms with Crippen LogP contribution in [0.15, 0.2) is 42.7 Å². The summed E-state index contributed by atoms with van der Waals surface area (Å²) in [5.41, 5.74) is 1.68. The van der Waals surface area contributed by atoms with E-state index >= 15 is 0 Å². The molecule has 5 nitrogen and oxygen atoms in total. The monoisotopic (exact) mass is 324 g/mol. The van der Waals surface area contributed by atoms with Gasteiger partial charge < -0.3 is 14.8 Å². The van der Waals surface area contributed by atoms with Crippen molar-refractivity contribution in [1.29, 1.82) is 0 Å². The molecule has 4 rings (SSSR count). The van der Waals surface area contributed by atoms with E-state index in [9.17, 15) is 10.0 Å². The molecule has 2 aliphatic heterocycles. The maximum Gasteiger partial charge on any atom is 0.246 e. The van der Waals surface area contributed by atoms with Gasteiger partial charge in [0.05, 0.1) is 5.56 Å². The number of anilines is 1. The standard InChI is InChI=1S/C19H20N2O3/c1-2-3-6-10-21-16-8-5-4-7-14(16)19(18(21)22)13-24-17-9-11-20(23)12-15(17)19/h4-5,7-9,11-12H,2-3,6,10,13H2,1H3. The van der Waals surface area contributed by atoms with Gasteiger partial charge in [0, 0.05) is 18.3 Å². The Morgan fingerprint density at radius 3 is 2.92 bits per heavy atom. The van der Waals surface area contributed by atoms with Crippen LogP contribution in [-0.2, 0) is 10.2 Å². The van der Waals surface area contributed by atoms with Crippen LogP contribution < -0.4 is 14.4 Å². The smallest absolute Gasteiger partial charge is 0.246 e. The molecule has 0 saturated heterocycles. The van der Waals surface area contributed by atoms with Crippen LogP contribution in [0.5, 0.6) is 5.75 Å². The second kappa shape index (κ2) is 5.51. The lowest BCUT2D eigenvalue weighted by Gasteiger charge is -2.22. The predicted molar refractivity (Wildman–Crippen MR) is 90.0 cm³/mol. The number of carbonyl (C=O) groups is 1. The number of hydrogen-bond donors (Lipinski definition) is 0. The number of rotatable bonds is 4. The van der Waals surface area contributed by atoms with Gasteiger partial charge in [-0.25, -0.2) is 0 Å². The number of benzene rings is 1. The fraction of sp³-hybridized carbons (Fsp3) is 0.368. The highest BCUT2D eigenvalue weighted by molar-refractivity contribution is 6.11. The van der Waals surface area contributed by atoms with Gasteiger partial charge in [-0.05, 0) is 18.1 Å². The molecule has 1 spiro atoms. The summed E-state index contributed by atoms with van der Waals surface area (Å²) in [6.45, 7) is 3.10. The SMILES string of the molecule is CCCCCN1C(=O)C2(COc3cc[n+]([O-])cc32)c2ccccc21. The normalized spacial score (nSPS) is 21.0. The van der Waals surface area contributed by atoms with Crippen LogP contribution in [0.2, 0.25) is 0 Å². The maximum absolute atomic E-state index is 13.4. The molecule has 0 N–H and O–H groups in total. The number of ether oxygens (including phenoxy) is 1. The molecule has 2 aliphatic rings. The quantitative estimate of drug-likeness (QED) is 0.493. The third kappa shape index (κ3) is 1.94. The van der Waals surface area contributed by atoms with Crippen molar-refractivity contribution in [2.75, 3.05) is 18.1 Å². The Balaban J connectivity index is 1.84. The topological polar surface area (TPSA) is 56.5 Å². The van der Waals surface area contributed by atoms with E-state index in [1.165, 1.54) is 12.4 Å². The van der Waals surface area contributed by atoms with E-state index in [1.807, 2.05) is 29.2 Å². The van der Waals surface area contributed by atoms with Gasteiger partial charge in [-0.1, -0.05) is 38.0 Å². The molecule has 1 unspecified atom stereocenters. The largest absolute Gasteiger partial charge is 0.619 e. The van der Waals surface area contributed by atoms with Crippen LogP contribution >= 0.6 is 0 Å². The molecule has 0 aliphatic carbocycles. The van der Waals surface area contributed by atoms with Gasteiger partial charge in [0.15, 0.2) is 12.4 Å². The van der Waals surface area contributed by atoms with Crippen LogP contribution in [0.25, 0.3) is 0 Å². The van der Waals surface area contributed by atoms with Crippen molar-refractivity contribution in [2.45, 2.75) is 31.6 Å². The number of amides is 1. The van der Waals surface area contributed by atoms with Crippen molar-refractivity contribution in [3.63, 3.8) is 0 Å². The first-order valence-electron chi connectivity index (χ1n) is 8.46. The zero-order valence-electron chi connectivity index (χ0n) is 13.7. The maximum atomic E-state index is 13.4. The summed E-state index contributed by atoms with van der Waals surface area (Å²) in [6, 6.07) is 9.50. The van der Waals surface area contributed by atoms with Crippen molar-refractivity contribution in [1.82, 2.24) is 0 Å². The number of hydrogen-bond acceptors (Lipinski definition) is 3. The van der Waals surface area contributed by atoms with Crippen molar-refractivity contribution >= 4 is 11.6 Å². The predicted octanol–water partition coefficient (Wildman–Crippen LogP) is 2.54. The summed E-state index contributed by atoms with van der Waals surface area (Å²) >= 11 is 0. The van der Waals surface area contributed by atoms with Crippen LogP contribution in [0.4, 0.5) is 5.69 Å². The molecule has 0 bridgehead atoms. The Morgan fingerprint density at radius 1 is 1.25 bits per heavy atom. The fourth-order valence-corrected chi connectivity index (χ4v) is 3.84. The number of para-hydroxylation sites is 1. The zero-order chi connectivity index (χ0) is 16.7. The van der Waals surface area contributed by atoms with Gasteiger partial charge in [-0.2, -0.15) is 4.73 Å². The molecule has 0 radical (unpaired) electrons. The summed E-state index contributed by atoms with van der Waals surface area (Å²) in [5, 5.41) is 11.8. The Kier molecular flexibility index (Phi) is 3.44. The lowest BCUT2D eigenvalue weighted by atomic mass is 9.78. The third-order valence-corrected chi connectivity index (χ3v) is 5.05. The first-order chi connectivity index (χ1) is 11.7. The summed E-state index contributed by atoms with van der Waals surface area (Å²) < 4.78 is 6.53. The molecule has 2 aromatic rings. The Morgan fingerprint density at radius 2 is 2.08 bits per heavy atom. The average Bonchev–Trinajstić information content (AvgIpc) is 3.08. The van der Waals surface area contributed by atoms with Gasteiger partial charge >= 0.3 is 0 Å². The summed E-state index contributed by atoms with van der Waals surface area (Å²) in [7, 11) is 0. The van der Waals surface area contributed by atoms with E-state index in [-0.39, 0.29) is 12.5 Å². The number of aromatic nitrogens is 1. The van der Waals surface area contributed by atoms with Crippen LogP contribution in [-0.4, -0.2) is 19.1 Å². The highest BCUT2D eigenvalue weighted by Gasteiger charge is 2.57. The van der Waals surface area contributed by atoms with E-state index in [1.54, 1.807) is 6.07 Å². The molecule has 1 atom stereocenters. The highest BCUT2D eigenvalue weighted by Crippen LogP contribution is 2.51. The minimum absolute atomic E-state index is 0.0183. The van der Waals surface area contributed by atoms with Crippen molar-refractivity contribution in [3.05, 3.63) is 59.1 Å². The first-order valence-corrected chi connectivity index (χ1v) is 8.46. The second-order valence-corrected chi connectivity index (χ2v) is 6.46. The third-order valence-electron chi connectivity index (χ3n) is 5.05. The number of unbranched alkanes of at least 4 members (excludes halogenated alkanes) is 2. The Hall–Kier alpha value is -2.56. The van der Waals surface area contributed by atoms with Crippen LogP contribution in [0.1, 0.15) is 37.3 Å². The molecular formula is C19H20N2O3. The Bertz CT molecular complexity index is 805. The van der Waals surface area contributed by atoms with E-state index < -0.39 is 5.41 Å². The second-order valence-electron chi connectivity index (χ2n) is 6.46. The Labute approximate surface area is 141 Å². The van der Waals surface area contributed by atoms with E-state index in [0.717, 1.165) is 35.2 Å². The fourth-order valence-electron chi connectivity index (χ4n) is 3.84. The highest BCUT2D eigenvalue weighted by atomic mass is 16.5. The molecule has 1 aromatic carbocycles. The number of carbonyl (C=O) groups excluding carboxylic acids is 1. The molecule has 1 amide bonds. The molecule has 24 heavy (non-hydrogen) atoms. The van der Waals surface area contributed by atoms with E-state index in [2.05, 4.69) is 6.92 Å². The molecule has 1 aromatic heterocycles. The average molecular weight is 324 g/mol. The van der Waals surface area contributed by atoms with Crippen LogP contribution in [0, 0.1) is 5.21 Å². The summed E-state index contributed by atoms with van der Waals surface area (Å²) in [6.07, 6.45) is 6.05. The van der Waals surface area contributed by atoms with Gasteiger partial charge in [0.1, 0.15) is 17.8 Å². The molecule has 5 heteroatoms. The summed E-state index contributed by atoms with van der Waals surface area (Å²) in [5.74, 6) is 0.644. The molecule has 3 heterocycles. The van der Waals surface area contributed by atoms with Crippen molar-refractivity contribution < 1.29 is 14.3 Å². The molecule has 0 fully saturated rings. The van der Waals surface area contributed by atoms with Crippen LogP contribution in [0.3, 0.4) is 0 Å². The number of nitrogens with zero attached hydrogens (tertiary/aromatic N) is 2. The lowest BCUT2D eigenvalue weighted by Crippen LogP contribution is -2.43. The van der Waals surface area contributed by atoms with E-state index in [0.29, 0.717) is 17.9 Å². The molecule has 0 saturated carbocycles. The minimum atomic E-state index is -0.883. The van der Waals surface area contributed by atoms with E-state index in [4.69, 9.17) is 4.74 Å². The van der Waals surface area contributed by atoms with Crippen molar-refractivity contribution in [3.8, 4) is 5.75 Å². The summed E-state index contributed by atoms with van der Waals surface area (Å²) in [4.78, 5) is 15.3.